The fraction of sp³-hybridized carbons (Fsp3) is 0.0870. The summed E-state index contributed by atoms with van der Waals surface area (Å²) in [6.07, 6.45) is 4.13. The van der Waals surface area contributed by atoms with E-state index >= 15 is 0 Å². The smallest absolute Gasteiger partial charge is 0.193 e. The molecule has 3 aromatic carbocycles. The zero-order chi connectivity index (χ0) is 17.6. The highest BCUT2D eigenvalue weighted by Crippen LogP contribution is 2.16. The number of hydrogen-bond donors (Lipinski definition) is 0. The van der Waals surface area contributed by atoms with E-state index in [0.29, 0.717) is 11.1 Å². The van der Waals surface area contributed by atoms with Crippen LogP contribution in [0.5, 0.6) is 0 Å². The highest BCUT2D eigenvalue weighted by atomic mass is 16.1. The van der Waals surface area contributed by atoms with Crippen LogP contribution >= 0.6 is 0 Å². The van der Waals surface area contributed by atoms with Crippen molar-refractivity contribution in [2.45, 2.75) is 0 Å². The van der Waals surface area contributed by atoms with E-state index < -0.39 is 0 Å². The van der Waals surface area contributed by atoms with E-state index in [-0.39, 0.29) is 5.78 Å². The van der Waals surface area contributed by atoms with Crippen LogP contribution in [0, 0.1) is 0 Å². The van der Waals surface area contributed by atoms with Crippen LogP contribution in [0.25, 0.3) is 12.2 Å². The highest BCUT2D eigenvalue weighted by Gasteiger charge is 2.07. The van der Waals surface area contributed by atoms with Crippen molar-refractivity contribution in [1.29, 1.82) is 0 Å². The first-order valence-corrected chi connectivity index (χ1v) is 8.29. The third-order valence-corrected chi connectivity index (χ3v) is 4.09. The first kappa shape index (κ1) is 16.7. The summed E-state index contributed by atoms with van der Waals surface area (Å²) in [7, 11) is 4.06. The molecular formula is C23H21NO. The van der Waals surface area contributed by atoms with Gasteiger partial charge in [0.15, 0.2) is 5.78 Å². The highest BCUT2D eigenvalue weighted by molar-refractivity contribution is 6.09. The van der Waals surface area contributed by atoms with Crippen LogP contribution in [0.1, 0.15) is 27.0 Å². The summed E-state index contributed by atoms with van der Waals surface area (Å²) in [6.45, 7) is 0. The van der Waals surface area contributed by atoms with Gasteiger partial charge in [0.1, 0.15) is 0 Å². The predicted octanol–water partition coefficient (Wildman–Crippen LogP) is 5.15. The first-order chi connectivity index (χ1) is 12.1. The second-order valence-electron chi connectivity index (χ2n) is 6.14. The van der Waals surface area contributed by atoms with Gasteiger partial charge in [-0.3, -0.25) is 4.79 Å². The fourth-order valence-electron chi connectivity index (χ4n) is 2.58. The molecule has 3 aromatic rings. The summed E-state index contributed by atoms with van der Waals surface area (Å²) in [4.78, 5) is 14.5. The minimum absolute atomic E-state index is 0.0513. The molecule has 3 rings (SSSR count). The van der Waals surface area contributed by atoms with Crippen LogP contribution in [-0.4, -0.2) is 19.9 Å². The molecule has 0 saturated carbocycles. The average molecular weight is 327 g/mol. The Morgan fingerprint density at radius 3 is 1.68 bits per heavy atom. The molecule has 0 radical (unpaired) electrons. The Hall–Kier alpha value is -3.13. The molecule has 0 aliphatic heterocycles. The molecule has 0 unspecified atom stereocenters. The molecule has 0 bridgehead atoms. The monoisotopic (exact) mass is 327 g/mol. The van der Waals surface area contributed by atoms with Crippen molar-refractivity contribution in [2.24, 2.45) is 0 Å². The van der Waals surface area contributed by atoms with E-state index in [1.807, 2.05) is 68.7 Å². The Morgan fingerprint density at radius 2 is 1.16 bits per heavy atom. The van der Waals surface area contributed by atoms with Crippen molar-refractivity contribution in [1.82, 2.24) is 0 Å². The third kappa shape index (κ3) is 4.24. The minimum atomic E-state index is 0.0513. The van der Waals surface area contributed by atoms with Gasteiger partial charge < -0.3 is 4.90 Å². The molecule has 0 spiro atoms. The Bertz CT molecular complexity index is 860. The molecule has 0 heterocycles. The van der Waals surface area contributed by atoms with Crippen molar-refractivity contribution < 1.29 is 4.79 Å². The van der Waals surface area contributed by atoms with Gasteiger partial charge >= 0.3 is 0 Å². The van der Waals surface area contributed by atoms with Crippen LogP contribution < -0.4 is 4.90 Å². The molecule has 0 aliphatic carbocycles. The Balaban J connectivity index is 1.71. The van der Waals surface area contributed by atoms with Gasteiger partial charge in [0, 0.05) is 30.9 Å². The molecule has 124 valence electrons. The van der Waals surface area contributed by atoms with Gasteiger partial charge in [-0.15, -0.1) is 0 Å². The molecule has 0 saturated heterocycles. The summed E-state index contributed by atoms with van der Waals surface area (Å²) in [6, 6.07) is 25.4. The van der Waals surface area contributed by atoms with Gasteiger partial charge in [-0.25, -0.2) is 0 Å². The van der Waals surface area contributed by atoms with E-state index in [9.17, 15) is 4.79 Å². The molecule has 0 aromatic heterocycles. The van der Waals surface area contributed by atoms with E-state index in [1.165, 1.54) is 5.69 Å². The average Bonchev–Trinajstić information content (AvgIpc) is 2.67. The van der Waals surface area contributed by atoms with Crippen molar-refractivity contribution in [3.63, 3.8) is 0 Å². The predicted molar refractivity (Wildman–Crippen MR) is 106 cm³/mol. The fourth-order valence-corrected chi connectivity index (χ4v) is 2.58. The quantitative estimate of drug-likeness (QED) is 0.477. The number of nitrogens with zero attached hydrogens (tertiary/aromatic N) is 1. The van der Waals surface area contributed by atoms with Crippen molar-refractivity contribution in [2.75, 3.05) is 19.0 Å². The van der Waals surface area contributed by atoms with Crippen LogP contribution in [0.2, 0.25) is 0 Å². The summed E-state index contributed by atoms with van der Waals surface area (Å²) in [5, 5.41) is 0. The number of carbonyl (C=O) groups is 1. The molecule has 0 N–H and O–H groups in total. The minimum Gasteiger partial charge on any atom is -0.378 e. The van der Waals surface area contributed by atoms with E-state index in [0.717, 1.165) is 11.1 Å². The molecule has 0 fully saturated rings. The summed E-state index contributed by atoms with van der Waals surface area (Å²) < 4.78 is 0. The number of carbonyl (C=O) groups excluding carboxylic acids is 1. The topological polar surface area (TPSA) is 20.3 Å². The van der Waals surface area contributed by atoms with Crippen molar-refractivity contribution in [3.8, 4) is 0 Å². The number of anilines is 1. The van der Waals surface area contributed by atoms with Gasteiger partial charge in [-0.05, 0) is 23.3 Å². The summed E-state index contributed by atoms with van der Waals surface area (Å²) in [5.41, 5.74) is 4.82. The molecule has 2 nitrogen and oxygen atoms in total. The largest absolute Gasteiger partial charge is 0.378 e. The van der Waals surface area contributed by atoms with E-state index in [2.05, 4.69) is 41.3 Å². The first-order valence-electron chi connectivity index (χ1n) is 8.29. The number of benzene rings is 3. The Labute approximate surface area is 149 Å². The maximum absolute atomic E-state index is 12.4. The van der Waals surface area contributed by atoms with E-state index in [1.54, 1.807) is 0 Å². The van der Waals surface area contributed by atoms with Gasteiger partial charge in [-0.1, -0.05) is 78.9 Å². The van der Waals surface area contributed by atoms with Crippen molar-refractivity contribution in [3.05, 3.63) is 101 Å². The summed E-state index contributed by atoms with van der Waals surface area (Å²) in [5.74, 6) is 0.0513. The van der Waals surface area contributed by atoms with Gasteiger partial charge in [0.2, 0.25) is 0 Å². The molecule has 0 aliphatic rings. The number of hydrogen-bond acceptors (Lipinski definition) is 2. The zero-order valence-corrected chi connectivity index (χ0v) is 14.5. The zero-order valence-electron chi connectivity index (χ0n) is 14.5. The standard InChI is InChI=1S/C23H21NO/c1-24(2)22-16-12-19(13-17-22)9-8-18-10-14-21(15-11-18)23(25)20-6-4-3-5-7-20/h3-17H,1-2H3/b9-8+. The SMILES string of the molecule is CN(C)c1ccc(/C=C/c2ccc(C(=O)c3ccccc3)cc2)cc1. The van der Waals surface area contributed by atoms with Crippen LogP contribution in [0.4, 0.5) is 5.69 Å². The van der Waals surface area contributed by atoms with Crippen molar-refractivity contribution >= 4 is 23.6 Å². The molecule has 2 heteroatoms. The number of rotatable bonds is 5. The molecule has 0 amide bonds. The van der Waals surface area contributed by atoms with Crippen LogP contribution in [0.15, 0.2) is 78.9 Å². The van der Waals surface area contributed by atoms with Gasteiger partial charge in [-0.2, -0.15) is 0 Å². The molecule has 0 atom stereocenters. The lowest BCUT2D eigenvalue weighted by atomic mass is 10.0. The molecular weight excluding hydrogens is 306 g/mol. The summed E-state index contributed by atoms with van der Waals surface area (Å²) >= 11 is 0. The normalized spacial score (nSPS) is 10.8. The van der Waals surface area contributed by atoms with Gasteiger partial charge in [0.05, 0.1) is 0 Å². The lowest BCUT2D eigenvalue weighted by Crippen LogP contribution is -2.07. The van der Waals surface area contributed by atoms with Crippen LogP contribution in [-0.2, 0) is 0 Å². The van der Waals surface area contributed by atoms with Crippen LogP contribution in [0.3, 0.4) is 0 Å². The Kier molecular flexibility index (Phi) is 5.10. The molecule has 25 heavy (non-hydrogen) atoms. The van der Waals surface area contributed by atoms with E-state index in [4.69, 9.17) is 0 Å². The number of ketones is 1. The second-order valence-corrected chi connectivity index (χ2v) is 6.14. The third-order valence-electron chi connectivity index (χ3n) is 4.09. The van der Waals surface area contributed by atoms with Gasteiger partial charge in [0.25, 0.3) is 0 Å². The maximum atomic E-state index is 12.4. The second kappa shape index (κ2) is 7.63. The Morgan fingerprint density at radius 1 is 0.680 bits per heavy atom. The lowest BCUT2D eigenvalue weighted by molar-refractivity contribution is 0.103. The lowest BCUT2D eigenvalue weighted by Gasteiger charge is -2.11. The maximum Gasteiger partial charge on any atom is 0.193 e.